The Morgan fingerprint density at radius 2 is 2.19 bits per heavy atom. The largest absolute Gasteiger partial charge is 0.398 e. The zero-order valence-electron chi connectivity index (χ0n) is 8.73. The van der Waals surface area contributed by atoms with Crippen LogP contribution in [-0.2, 0) is 0 Å². The first-order chi connectivity index (χ1) is 7.66. The van der Waals surface area contributed by atoms with Crippen molar-refractivity contribution in [3.8, 4) is 0 Å². The van der Waals surface area contributed by atoms with Crippen LogP contribution in [0.25, 0.3) is 0 Å². The zero-order valence-corrected chi connectivity index (χ0v) is 8.73. The van der Waals surface area contributed by atoms with Crippen molar-refractivity contribution in [2.45, 2.75) is 6.92 Å². The lowest BCUT2D eigenvalue weighted by atomic mass is 10.2. The number of benzene rings is 1. The van der Waals surface area contributed by atoms with Crippen molar-refractivity contribution in [3.05, 3.63) is 41.6 Å². The van der Waals surface area contributed by atoms with Gasteiger partial charge in [-0.2, -0.15) is 0 Å². The van der Waals surface area contributed by atoms with Crippen molar-refractivity contribution in [1.29, 1.82) is 0 Å². The molecule has 1 amide bonds. The van der Waals surface area contributed by atoms with Gasteiger partial charge in [0.2, 0.25) is 5.88 Å². The number of nitrogens with one attached hydrogen (secondary N) is 1. The smallest absolute Gasteiger partial charge is 0.260 e. The molecule has 2 rings (SSSR count). The second-order valence-electron chi connectivity index (χ2n) is 3.37. The quantitative estimate of drug-likeness (QED) is 0.752. The first-order valence-corrected chi connectivity index (χ1v) is 4.76. The average Bonchev–Trinajstić information content (AvgIpc) is 2.64. The summed E-state index contributed by atoms with van der Waals surface area (Å²) in [5.74, 6) is 0.00000283. The van der Waals surface area contributed by atoms with Gasteiger partial charge >= 0.3 is 0 Å². The molecule has 16 heavy (non-hydrogen) atoms. The Bertz CT molecular complexity index is 519. The van der Waals surface area contributed by atoms with Gasteiger partial charge in [-0.05, 0) is 19.1 Å². The number of anilines is 2. The summed E-state index contributed by atoms with van der Waals surface area (Å²) in [5, 5.41) is 6.24. The molecule has 3 N–H and O–H groups in total. The molecule has 0 radical (unpaired) electrons. The first-order valence-electron chi connectivity index (χ1n) is 4.76. The van der Waals surface area contributed by atoms with Gasteiger partial charge in [0.15, 0.2) is 0 Å². The maximum Gasteiger partial charge on any atom is 0.260 e. The molecule has 0 saturated carbocycles. The number of nitrogen functional groups attached to an aromatic ring is 1. The number of nitrogens with two attached hydrogens (primary N) is 1. The van der Waals surface area contributed by atoms with Crippen LogP contribution in [0.4, 0.5) is 11.6 Å². The predicted octanol–water partition coefficient (Wildman–Crippen LogP) is 1.82. The normalized spacial score (nSPS) is 10.1. The summed E-state index contributed by atoms with van der Waals surface area (Å²) < 4.78 is 4.87. The summed E-state index contributed by atoms with van der Waals surface area (Å²) in [6.07, 6.45) is 0. The number of nitrogens with zero attached hydrogens (tertiary/aromatic N) is 1. The summed E-state index contributed by atoms with van der Waals surface area (Å²) in [6.45, 7) is 1.77. The van der Waals surface area contributed by atoms with Crippen LogP contribution in [0.1, 0.15) is 16.1 Å². The molecule has 82 valence electrons. The Kier molecular flexibility index (Phi) is 2.59. The maximum absolute atomic E-state index is 11.8. The number of amides is 1. The number of hydrogen-bond acceptors (Lipinski definition) is 4. The summed E-state index contributed by atoms with van der Waals surface area (Å²) in [6, 6.07) is 8.47. The highest BCUT2D eigenvalue weighted by molar-refractivity contribution is 6.07. The highest BCUT2D eigenvalue weighted by Crippen LogP contribution is 2.14. The summed E-state index contributed by atoms with van der Waals surface area (Å²) in [7, 11) is 0. The minimum atomic E-state index is -0.311. The molecule has 2 aromatic rings. The Balaban J connectivity index is 2.18. The van der Waals surface area contributed by atoms with Gasteiger partial charge in [0.1, 0.15) is 0 Å². The molecule has 0 aliphatic carbocycles. The van der Waals surface area contributed by atoms with E-state index < -0.39 is 0 Å². The van der Waals surface area contributed by atoms with Crippen LogP contribution in [0.2, 0.25) is 0 Å². The van der Waals surface area contributed by atoms with Gasteiger partial charge < -0.3 is 10.3 Å². The molecule has 0 atom stereocenters. The summed E-state index contributed by atoms with van der Waals surface area (Å²) in [5.41, 5.74) is 7.22. The Hall–Kier alpha value is -2.30. The lowest BCUT2D eigenvalue weighted by Crippen LogP contribution is -2.13. The van der Waals surface area contributed by atoms with E-state index in [1.165, 1.54) is 0 Å². The number of para-hydroxylation sites is 1. The molecule has 5 heteroatoms. The zero-order chi connectivity index (χ0) is 11.5. The second kappa shape index (κ2) is 4.06. The minimum Gasteiger partial charge on any atom is -0.398 e. The average molecular weight is 217 g/mol. The number of aryl methyl sites for hydroxylation is 1. The minimum absolute atomic E-state index is 0.311. The maximum atomic E-state index is 11.8. The standard InChI is InChI=1S/C11H11N3O2/c1-7-6-10(16-14-7)13-11(15)8-4-2-3-5-9(8)12/h2-6H,12H2,1H3,(H,13,15). The first kappa shape index (κ1) is 10.2. The third-order valence-electron chi connectivity index (χ3n) is 2.07. The van der Waals surface area contributed by atoms with E-state index in [-0.39, 0.29) is 5.91 Å². The molecule has 0 unspecified atom stereocenters. The molecule has 1 aromatic heterocycles. The molecule has 5 nitrogen and oxygen atoms in total. The van der Waals surface area contributed by atoms with E-state index in [9.17, 15) is 4.79 Å². The van der Waals surface area contributed by atoms with Gasteiger partial charge in [-0.1, -0.05) is 17.3 Å². The SMILES string of the molecule is Cc1cc(NC(=O)c2ccccc2N)on1. The van der Waals surface area contributed by atoms with Gasteiger partial charge in [-0.15, -0.1) is 0 Å². The molecule has 0 fully saturated rings. The predicted molar refractivity (Wildman–Crippen MR) is 60.0 cm³/mol. The van der Waals surface area contributed by atoms with E-state index >= 15 is 0 Å². The lowest BCUT2D eigenvalue weighted by Gasteiger charge is -2.03. The van der Waals surface area contributed by atoms with Crippen LogP contribution in [0, 0.1) is 6.92 Å². The van der Waals surface area contributed by atoms with E-state index in [1.807, 2.05) is 0 Å². The second-order valence-corrected chi connectivity index (χ2v) is 3.37. The van der Waals surface area contributed by atoms with Crippen molar-refractivity contribution in [1.82, 2.24) is 5.16 Å². The Labute approximate surface area is 92.2 Å². The molecule has 1 aromatic carbocycles. The van der Waals surface area contributed by atoms with E-state index in [1.54, 1.807) is 37.3 Å². The molecule has 0 aliphatic heterocycles. The number of aromatic nitrogens is 1. The lowest BCUT2D eigenvalue weighted by molar-refractivity contribution is 0.102. The fraction of sp³-hybridized carbons (Fsp3) is 0.0909. The molecule has 0 bridgehead atoms. The third-order valence-corrected chi connectivity index (χ3v) is 2.07. The number of carbonyl (C=O) groups excluding carboxylic acids is 1. The van der Waals surface area contributed by atoms with Crippen LogP contribution in [0.5, 0.6) is 0 Å². The monoisotopic (exact) mass is 217 g/mol. The van der Waals surface area contributed by atoms with Crippen LogP contribution in [0.15, 0.2) is 34.9 Å². The highest BCUT2D eigenvalue weighted by atomic mass is 16.5. The van der Waals surface area contributed by atoms with Crippen LogP contribution >= 0.6 is 0 Å². The number of rotatable bonds is 2. The fourth-order valence-electron chi connectivity index (χ4n) is 1.31. The van der Waals surface area contributed by atoms with Crippen molar-refractivity contribution in [2.75, 3.05) is 11.1 Å². The molecular formula is C11H11N3O2. The van der Waals surface area contributed by atoms with E-state index in [0.717, 1.165) is 0 Å². The Morgan fingerprint density at radius 1 is 1.44 bits per heavy atom. The third kappa shape index (κ3) is 2.03. The molecule has 1 heterocycles. The van der Waals surface area contributed by atoms with Gasteiger partial charge in [0, 0.05) is 11.8 Å². The van der Waals surface area contributed by atoms with Gasteiger partial charge in [0.05, 0.1) is 11.3 Å². The summed E-state index contributed by atoms with van der Waals surface area (Å²) >= 11 is 0. The van der Waals surface area contributed by atoms with Gasteiger partial charge in [0.25, 0.3) is 5.91 Å². The van der Waals surface area contributed by atoms with E-state index in [0.29, 0.717) is 22.8 Å². The van der Waals surface area contributed by atoms with Crippen molar-refractivity contribution >= 4 is 17.5 Å². The number of hydrogen-bond donors (Lipinski definition) is 2. The van der Waals surface area contributed by atoms with Crippen molar-refractivity contribution < 1.29 is 9.32 Å². The number of carbonyl (C=O) groups is 1. The van der Waals surface area contributed by atoms with Crippen molar-refractivity contribution in [3.63, 3.8) is 0 Å². The molecular weight excluding hydrogens is 206 g/mol. The van der Waals surface area contributed by atoms with Crippen LogP contribution < -0.4 is 11.1 Å². The Morgan fingerprint density at radius 3 is 2.81 bits per heavy atom. The van der Waals surface area contributed by atoms with Crippen LogP contribution in [0.3, 0.4) is 0 Å². The van der Waals surface area contributed by atoms with Gasteiger partial charge in [-0.3, -0.25) is 10.1 Å². The van der Waals surface area contributed by atoms with Gasteiger partial charge in [-0.25, -0.2) is 0 Å². The molecule has 0 aliphatic rings. The fourth-order valence-corrected chi connectivity index (χ4v) is 1.31. The van der Waals surface area contributed by atoms with Crippen LogP contribution in [-0.4, -0.2) is 11.1 Å². The topological polar surface area (TPSA) is 81.2 Å². The van der Waals surface area contributed by atoms with E-state index in [2.05, 4.69) is 10.5 Å². The van der Waals surface area contributed by atoms with Crippen molar-refractivity contribution in [2.24, 2.45) is 0 Å². The highest BCUT2D eigenvalue weighted by Gasteiger charge is 2.11. The summed E-state index contributed by atoms with van der Waals surface area (Å²) in [4.78, 5) is 11.8. The molecule has 0 saturated heterocycles. The molecule has 0 spiro atoms. The van der Waals surface area contributed by atoms with E-state index in [4.69, 9.17) is 10.3 Å².